The van der Waals surface area contributed by atoms with Gasteiger partial charge >= 0.3 is 0 Å². The van der Waals surface area contributed by atoms with Gasteiger partial charge in [-0.05, 0) is 43.4 Å². The van der Waals surface area contributed by atoms with Gasteiger partial charge in [-0.25, -0.2) is 0 Å². The van der Waals surface area contributed by atoms with Crippen LogP contribution in [0.2, 0.25) is 0 Å². The van der Waals surface area contributed by atoms with Crippen molar-refractivity contribution >= 4 is 24.4 Å². The smallest absolute Gasteiger partial charge is 0.251 e. The van der Waals surface area contributed by atoms with Crippen LogP contribution in [0.3, 0.4) is 0 Å². The fourth-order valence-corrected chi connectivity index (χ4v) is 4.04. The van der Waals surface area contributed by atoms with Gasteiger partial charge in [0.15, 0.2) is 0 Å². The molecule has 1 fully saturated rings. The summed E-state index contributed by atoms with van der Waals surface area (Å²) in [6.07, 6.45) is 9.38. The zero-order valence-corrected chi connectivity index (χ0v) is 17.3. The Hall–Kier alpha value is -1.97. The predicted molar refractivity (Wildman–Crippen MR) is 113 cm³/mol. The minimum absolute atomic E-state index is 0.0605. The molecule has 0 radical (unpaired) electrons. The summed E-state index contributed by atoms with van der Waals surface area (Å²) in [5.74, 6) is 2.20. The summed E-state index contributed by atoms with van der Waals surface area (Å²) in [6.45, 7) is 2.20. The lowest BCUT2D eigenvalue weighted by atomic mass is 9.95. The summed E-state index contributed by atoms with van der Waals surface area (Å²) in [6, 6.07) is 7.06. The van der Waals surface area contributed by atoms with Gasteiger partial charge in [-0.15, -0.1) is 25.0 Å². The number of aliphatic hydroxyl groups excluding tert-OH is 1. The first-order valence-electron chi connectivity index (χ1n) is 9.93. The van der Waals surface area contributed by atoms with Crippen LogP contribution in [-0.2, 0) is 4.79 Å². The average molecular weight is 403 g/mol. The van der Waals surface area contributed by atoms with Gasteiger partial charge in [0.2, 0.25) is 5.91 Å². The summed E-state index contributed by atoms with van der Waals surface area (Å²) in [5, 5.41) is 16.1. The van der Waals surface area contributed by atoms with Crippen LogP contribution in [0.25, 0.3) is 0 Å². The Morgan fingerprint density at radius 3 is 2.86 bits per heavy atom. The molecule has 0 spiro atoms. The third kappa shape index (κ3) is 6.57. The average Bonchev–Trinajstić information content (AvgIpc) is 3.12. The highest BCUT2D eigenvalue weighted by atomic mass is 32.1. The number of terminal acetylenes is 1. The Balaban J connectivity index is 1.85. The van der Waals surface area contributed by atoms with Crippen LogP contribution >= 0.6 is 12.6 Å². The lowest BCUT2D eigenvalue weighted by Gasteiger charge is -2.24. The molecule has 0 bridgehead atoms. The number of nitrogens with one attached hydrogen (secondary N) is 2. The Morgan fingerprint density at radius 1 is 1.39 bits per heavy atom. The third-order valence-electron chi connectivity index (χ3n) is 5.41. The van der Waals surface area contributed by atoms with E-state index in [4.69, 9.17) is 6.42 Å². The number of amides is 2. The molecular weight excluding hydrogens is 372 g/mol. The number of hydrogen-bond acceptors (Lipinski definition) is 4. The van der Waals surface area contributed by atoms with Crippen LogP contribution in [0.4, 0.5) is 0 Å². The molecule has 6 heteroatoms. The highest BCUT2D eigenvalue weighted by Gasteiger charge is 2.30. The van der Waals surface area contributed by atoms with E-state index in [9.17, 15) is 14.7 Å². The van der Waals surface area contributed by atoms with Gasteiger partial charge < -0.3 is 15.7 Å². The molecule has 5 nitrogen and oxygen atoms in total. The van der Waals surface area contributed by atoms with Crippen LogP contribution in [-0.4, -0.2) is 35.6 Å². The standard InChI is InChI=1S/C22H30N2O3S/c1-3-7-16(22(27)24-20-11-6-8-15(20)4-2)12-18(25)14-23-21(26)17-9-5-10-19(28)13-17/h1,5,9-10,13,15-16,18,20,25,28H,4,6-8,11-12,14H2,2H3,(H,23,26)(H,24,27). The molecule has 1 aromatic rings. The number of carbonyl (C=O) groups excluding carboxylic acids is 2. The Kier molecular flexibility index (Phi) is 8.88. The van der Waals surface area contributed by atoms with E-state index < -0.39 is 12.0 Å². The molecule has 2 amide bonds. The van der Waals surface area contributed by atoms with Crippen molar-refractivity contribution in [2.45, 2.75) is 62.5 Å². The Bertz CT molecular complexity index is 716. The van der Waals surface area contributed by atoms with E-state index >= 15 is 0 Å². The second-order valence-electron chi connectivity index (χ2n) is 7.47. The second-order valence-corrected chi connectivity index (χ2v) is 7.99. The Morgan fingerprint density at radius 2 is 2.18 bits per heavy atom. The van der Waals surface area contributed by atoms with Crippen LogP contribution in [0, 0.1) is 24.2 Å². The first kappa shape index (κ1) is 22.3. The van der Waals surface area contributed by atoms with E-state index in [1.54, 1.807) is 24.3 Å². The van der Waals surface area contributed by atoms with Gasteiger partial charge in [-0.2, -0.15) is 0 Å². The molecule has 3 N–H and O–H groups in total. The van der Waals surface area contributed by atoms with Crippen molar-refractivity contribution in [3.05, 3.63) is 29.8 Å². The highest BCUT2D eigenvalue weighted by Crippen LogP contribution is 2.28. The highest BCUT2D eigenvalue weighted by molar-refractivity contribution is 7.80. The summed E-state index contributed by atoms with van der Waals surface area (Å²) < 4.78 is 0. The van der Waals surface area contributed by atoms with E-state index in [0.717, 1.165) is 25.7 Å². The molecule has 1 aromatic carbocycles. The van der Waals surface area contributed by atoms with E-state index in [0.29, 0.717) is 16.4 Å². The van der Waals surface area contributed by atoms with Gasteiger partial charge in [0.05, 0.1) is 12.0 Å². The number of aliphatic hydroxyl groups is 1. The first-order valence-corrected chi connectivity index (χ1v) is 10.4. The van der Waals surface area contributed by atoms with Gasteiger partial charge in [-0.1, -0.05) is 25.8 Å². The molecule has 1 aliphatic carbocycles. The molecule has 0 aliphatic heterocycles. The van der Waals surface area contributed by atoms with Gasteiger partial charge in [-0.3, -0.25) is 9.59 Å². The number of carbonyl (C=O) groups is 2. The quantitative estimate of drug-likeness (QED) is 0.379. The van der Waals surface area contributed by atoms with Crippen LogP contribution in [0.5, 0.6) is 0 Å². The SMILES string of the molecule is C#CCC(CC(O)CNC(=O)c1cccc(S)c1)C(=O)NC1CCCC1CC. The first-order chi connectivity index (χ1) is 13.4. The van der Waals surface area contributed by atoms with Crippen LogP contribution in [0.15, 0.2) is 29.2 Å². The molecule has 1 aliphatic rings. The molecule has 4 atom stereocenters. The number of hydrogen-bond donors (Lipinski definition) is 4. The lowest BCUT2D eigenvalue weighted by molar-refractivity contribution is -0.126. The maximum Gasteiger partial charge on any atom is 0.251 e. The van der Waals surface area contributed by atoms with E-state index in [-0.39, 0.29) is 37.2 Å². The molecule has 152 valence electrons. The molecule has 0 aromatic heterocycles. The minimum Gasteiger partial charge on any atom is -0.391 e. The molecule has 28 heavy (non-hydrogen) atoms. The largest absolute Gasteiger partial charge is 0.391 e. The van der Waals surface area contributed by atoms with Crippen molar-refractivity contribution in [1.29, 1.82) is 0 Å². The van der Waals surface area contributed by atoms with Gasteiger partial charge in [0.1, 0.15) is 0 Å². The van der Waals surface area contributed by atoms with E-state index in [1.165, 1.54) is 0 Å². The van der Waals surface area contributed by atoms with Crippen molar-refractivity contribution < 1.29 is 14.7 Å². The minimum atomic E-state index is -0.849. The van der Waals surface area contributed by atoms with Gasteiger partial charge in [0.25, 0.3) is 5.91 Å². The second kappa shape index (κ2) is 11.1. The zero-order chi connectivity index (χ0) is 20.5. The molecule has 1 saturated carbocycles. The normalized spacial score (nSPS) is 20.8. The molecule has 0 heterocycles. The number of benzene rings is 1. The zero-order valence-electron chi connectivity index (χ0n) is 16.4. The van der Waals surface area contributed by atoms with Crippen LogP contribution < -0.4 is 10.6 Å². The molecule has 4 unspecified atom stereocenters. The number of thiol groups is 1. The third-order valence-corrected chi connectivity index (χ3v) is 5.69. The maximum atomic E-state index is 12.7. The van der Waals surface area contributed by atoms with Crippen molar-refractivity contribution in [2.24, 2.45) is 11.8 Å². The topological polar surface area (TPSA) is 78.4 Å². The molecular formula is C22H30N2O3S. The lowest BCUT2D eigenvalue weighted by Crippen LogP contribution is -2.42. The summed E-state index contributed by atoms with van der Waals surface area (Å²) in [4.78, 5) is 25.5. The fourth-order valence-electron chi connectivity index (χ4n) is 3.81. The van der Waals surface area contributed by atoms with E-state index in [2.05, 4.69) is 36.1 Å². The van der Waals surface area contributed by atoms with Crippen LogP contribution in [0.1, 0.15) is 55.8 Å². The predicted octanol–water partition coefficient (Wildman–Crippen LogP) is 2.79. The summed E-state index contributed by atoms with van der Waals surface area (Å²) in [5.41, 5.74) is 0.476. The van der Waals surface area contributed by atoms with E-state index in [1.807, 2.05) is 0 Å². The monoisotopic (exact) mass is 402 g/mol. The van der Waals surface area contributed by atoms with Crippen molar-refractivity contribution in [3.63, 3.8) is 0 Å². The fraction of sp³-hybridized carbons (Fsp3) is 0.545. The summed E-state index contributed by atoms with van der Waals surface area (Å²) in [7, 11) is 0. The Labute approximate surface area is 173 Å². The van der Waals surface area contributed by atoms with Gasteiger partial charge in [0, 0.05) is 29.5 Å². The van der Waals surface area contributed by atoms with Crippen molar-refractivity contribution in [3.8, 4) is 12.3 Å². The molecule has 0 saturated heterocycles. The van der Waals surface area contributed by atoms with Crippen molar-refractivity contribution in [2.75, 3.05) is 6.54 Å². The number of rotatable bonds is 9. The molecule has 2 rings (SSSR count). The maximum absolute atomic E-state index is 12.7. The summed E-state index contributed by atoms with van der Waals surface area (Å²) >= 11 is 4.22. The van der Waals surface area contributed by atoms with Crippen molar-refractivity contribution in [1.82, 2.24) is 10.6 Å².